The van der Waals surface area contributed by atoms with Gasteiger partial charge in [-0.05, 0) is 24.3 Å². The second kappa shape index (κ2) is 8.27. The van der Waals surface area contributed by atoms with Gasteiger partial charge in [0.15, 0.2) is 5.96 Å². The molecule has 3 nitrogen and oxygen atoms in total. The molecule has 0 amide bonds. The lowest BCUT2D eigenvalue weighted by Crippen LogP contribution is -2.32. The molecular weight excluding hydrogens is 270 g/mol. The van der Waals surface area contributed by atoms with Crippen LogP contribution in [-0.2, 0) is 0 Å². The molecule has 0 aliphatic carbocycles. The molecule has 0 radical (unpaired) electrons. The van der Waals surface area contributed by atoms with E-state index in [1.165, 1.54) is 0 Å². The molecular formula is C19H19N3. The molecule has 3 heteroatoms. The number of guanidine groups is 1. The summed E-state index contributed by atoms with van der Waals surface area (Å²) in [4.78, 5) is 1.69. The third-order valence-electron chi connectivity index (χ3n) is 2.94. The van der Waals surface area contributed by atoms with E-state index in [1.807, 2.05) is 97.1 Å². The molecule has 3 aromatic carbocycles. The van der Waals surface area contributed by atoms with Crippen LogP contribution in [-0.4, -0.2) is 5.96 Å². The molecule has 0 aliphatic rings. The van der Waals surface area contributed by atoms with E-state index in [1.54, 1.807) is 4.90 Å². The Hall–Kier alpha value is -3.07. The average molecular weight is 289 g/mol. The van der Waals surface area contributed by atoms with Crippen LogP contribution in [0.25, 0.3) is 0 Å². The zero-order chi connectivity index (χ0) is 15.6. The van der Waals surface area contributed by atoms with Crippen LogP contribution in [0.3, 0.4) is 0 Å². The van der Waals surface area contributed by atoms with Crippen molar-refractivity contribution in [3.63, 3.8) is 0 Å². The van der Waals surface area contributed by atoms with Crippen molar-refractivity contribution in [1.82, 2.24) is 0 Å². The first kappa shape index (κ1) is 15.3. The Morgan fingerprint density at radius 1 is 0.591 bits per heavy atom. The number of para-hydroxylation sites is 2. The predicted molar refractivity (Wildman–Crippen MR) is 93.4 cm³/mol. The first-order valence-corrected chi connectivity index (χ1v) is 7.03. The van der Waals surface area contributed by atoms with Gasteiger partial charge in [0.25, 0.3) is 0 Å². The van der Waals surface area contributed by atoms with Gasteiger partial charge in [0.05, 0.1) is 0 Å². The van der Waals surface area contributed by atoms with Gasteiger partial charge in [-0.25, -0.2) is 0 Å². The summed E-state index contributed by atoms with van der Waals surface area (Å²) in [5.74, 6) is 0.0115. The number of rotatable bonds is 2. The molecule has 0 heterocycles. The van der Waals surface area contributed by atoms with Gasteiger partial charge in [0.2, 0.25) is 0 Å². The smallest absolute Gasteiger partial charge is 0.197 e. The van der Waals surface area contributed by atoms with E-state index in [4.69, 9.17) is 11.1 Å². The Kier molecular flexibility index (Phi) is 5.76. The molecule has 0 spiro atoms. The second-order valence-electron chi connectivity index (χ2n) is 4.55. The third kappa shape index (κ3) is 4.49. The zero-order valence-corrected chi connectivity index (χ0v) is 12.3. The lowest BCUT2D eigenvalue weighted by atomic mass is 10.2. The van der Waals surface area contributed by atoms with Crippen LogP contribution in [0.2, 0.25) is 0 Å². The minimum absolute atomic E-state index is 0.0115. The normalized spacial score (nSPS) is 9.27. The monoisotopic (exact) mass is 289 g/mol. The summed E-state index contributed by atoms with van der Waals surface area (Å²) in [6.45, 7) is 0. The number of nitrogens with one attached hydrogen (secondary N) is 1. The second-order valence-corrected chi connectivity index (χ2v) is 4.55. The van der Waals surface area contributed by atoms with Gasteiger partial charge in [0.1, 0.15) is 0 Å². The maximum Gasteiger partial charge on any atom is 0.197 e. The van der Waals surface area contributed by atoms with Crippen LogP contribution >= 0.6 is 0 Å². The molecule has 0 saturated carbocycles. The highest BCUT2D eigenvalue weighted by Gasteiger charge is 2.10. The lowest BCUT2D eigenvalue weighted by molar-refractivity contribution is 1.26. The van der Waals surface area contributed by atoms with E-state index in [0.717, 1.165) is 11.4 Å². The van der Waals surface area contributed by atoms with Crippen LogP contribution in [0, 0.1) is 5.41 Å². The van der Waals surface area contributed by atoms with Crippen molar-refractivity contribution >= 4 is 17.3 Å². The number of nitrogens with zero attached hydrogens (tertiary/aromatic N) is 1. The number of anilines is 2. The van der Waals surface area contributed by atoms with Crippen LogP contribution in [0.1, 0.15) is 0 Å². The van der Waals surface area contributed by atoms with Gasteiger partial charge >= 0.3 is 0 Å². The quantitative estimate of drug-likeness (QED) is 0.542. The number of hydrogen-bond acceptors (Lipinski definition) is 1. The maximum atomic E-state index is 7.63. The third-order valence-corrected chi connectivity index (χ3v) is 2.94. The molecule has 3 N–H and O–H groups in total. The summed E-state index contributed by atoms with van der Waals surface area (Å²) in [5, 5.41) is 7.63. The van der Waals surface area contributed by atoms with Crippen molar-refractivity contribution in [1.29, 1.82) is 5.41 Å². The fraction of sp³-hybridized carbons (Fsp3) is 0. The van der Waals surface area contributed by atoms with Crippen LogP contribution in [0.5, 0.6) is 0 Å². The van der Waals surface area contributed by atoms with Gasteiger partial charge in [-0.3, -0.25) is 10.3 Å². The van der Waals surface area contributed by atoms with E-state index in [0.29, 0.717) is 0 Å². The molecule has 0 aromatic heterocycles. The first-order chi connectivity index (χ1) is 10.8. The number of nitrogens with two attached hydrogens (primary N) is 1. The first-order valence-electron chi connectivity index (χ1n) is 7.03. The highest BCUT2D eigenvalue weighted by molar-refractivity contribution is 5.99. The van der Waals surface area contributed by atoms with E-state index < -0.39 is 0 Å². The molecule has 0 atom stereocenters. The standard InChI is InChI=1S/C13H13N3.C6H6/c14-13(15)16(11-7-3-1-4-8-11)12-9-5-2-6-10-12;1-2-4-6-5-3-1/h1-10H,(H3,14,15);1-6H. The Morgan fingerprint density at radius 2 is 0.864 bits per heavy atom. The summed E-state index contributed by atoms with van der Waals surface area (Å²) in [5.41, 5.74) is 7.39. The van der Waals surface area contributed by atoms with Gasteiger partial charge in [-0.15, -0.1) is 0 Å². The van der Waals surface area contributed by atoms with Gasteiger partial charge in [0, 0.05) is 11.4 Å². The highest BCUT2D eigenvalue weighted by Crippen LogP contribution is 2.23. The predicted octanol–water partition coefficient (Wildman–Crippen LogP) is 4.40. The van der Waals surface area contributed by atoms with Crippen molar-refractivity contribution in [3.8, 4) is 0 Å². The molecule has 0 fully saturated rings. The molecule has 3 aromatic rings. The Morgan fingerprint density at radius 3 is 1.14 bits per heavy atom. The van der Waals surface area contributed by atoms with Gasteiger partial charge in [-0.1, -0.05) is 72.8 Å². The van der Waals surface area contributed by atoms with E-state index in [2.05, 4.69) is 0 Å². The van der Waals surface area contributed by atoms with E-state index >= 15 is 0 Å². The fourth-order valence-corrected chi connectivity index (χ4v) is 1.97. The minimum Gasteiger partial charge on any atom is -0.369 e. The molecule has 3 rings (SSSR count). The van der Waals surface area contributed by atoms with Gasteiger partial charge in [-0.2, -0.15) is 0 Å². The summed E-state index contributed by atoms with van der Waals surface area (Å²) < 4.78 is 0. The summed E-state index contributed by atoms with van der Waals surface area (Å²) in [6, 6.07) is 31.3. The van der Waals surface area contributed by atoms with Crippen LogP contribution in [0.4, 0.5) is 11.4 Å². The molecule has 22 heavy (non-hydrogen) atoms. The topological polar surface area (TPSA) is 53.1 Å². The van der Waals surface area contributed by atoms with Crippen molar-refractivity contribution in [2.24, 2.45) is 5.73 Å². The average Bonchev–Trinajstić information content (AvgIpc) is 2.59. The minimum atomic E-state index is 0.0115. The van der Waals surface area contributed by atoms with Crippen LogP contribution in [0.15, 0.2) is 97.1 Å². The SMILES string of the molecule is N=C(N)N(c1ccccc1)c1ccccc1.c1ccccc1. The Balaban J connectivity index is 0.000000246. The van der Waals surface area contributed by atoms with Gasteiger partial charge < -0.3 is 5.73 Å². The summed E-state index contributed by atoms with van der Waals surface area (Å²) in [6.07, 6.45) is 0. The molecule has 0 bridgehead atoms. The summed E-state index contributed by atoms with van der Waals surface area (Å²) in [7, 11) is 0. The summed E-state index contributed by atoms with van der Waals surface area (Å²) >= 11 is 0. The largest absolute Gasteiger partial charge is 0.369 e. The molecule has 0 unspecified atom stereocenters. The van der Waals surface area contributed by atoms with Crippen molar-refractivity contribution in [2.45, 2.75) is 0 Å². The number of benzene rings is 3. The highest BCUT2D eigenvalue weighted by atomic mass is 15.2. The molecule has 0 aliphatic heterocycles. The maximum absolute atomic E-state index is 7.63. The lowest BCUT2D eigenvalue weighted by Gasteiger charge is -2.22. The Bertz CT molecular complexity index is 601. The molecule has 110 valence electrons. The van der Waals surface area contributed by atoms with Crippen molar-refractivity contribution in [2.75, 3.05) is 4.90 Å². The number of hydrogen-bond donors (Lipinski definition) is 2. The van der Waals surface area contributed by atoms with E-state index in [-0.39, 0.29) is 5.96 Å². The van der Waals surface area contributed by atoms with Crippen molar-refractivity contribution in [3.05, 3.63) is 97.1 Å². The van der Waals surface area contributed by atoms with Crippen molar-refractivity contribution < 1.29 is 0 Å². The fourth-order valence-electron chi connectivity index (χ4n) is 1.97. The zero-order valence-electron chi connectivity index (χ0n) is 12.3. The molecule has 0 saturated heterocycles. The van der Waals surface area contributed by atoms with E-state index in [9.17, 15) is 0 Å². The van der Waals surface area contributed by atoms with Crippen LogP contribution < -0.4 is 10.6 Å². The Labute approximate surface area is 131 Å².